The first-order valence-electron chi connectivity index (χ1n) is 10.8. The van der Waals surface area contributed by atoms with Gasteiger partial charge in [-0.1, -0.05) is 12.8 Å². The topological polar surface area (TPSA) is 38.2 Å². The Bertz CT molecular complexity index is 447. The molecule has 3 aromatic carbocycles. The Balaban J connectivity index is 0. The van der Waals surface area contributed by atoms with Crippen LogP contribution in [0.5, 0.6) is 0 Å². The average molecular weight is 486 g/mol. The number of hydrogen-bond acceptors (Lipinski definition) is 2. The molecule has 3 aromatic rings. The van der Waals surface area contributed by atoms with E-state index in [1.807, 2.05) is 91.0 Å². The van der Waals surface area contributed by atoms with Crippen LogP contribution < -0.4 is 10.6 Å². The van der Waals surface area contributed by atoms with E-state index < -0.39 is 0 Å². The van der Waals surface area contributed by atoms with Gasteiger partial charge >= 0.3 is 21.7 Å². The van der Waals surface area contributed by atoms with Gasteiger partial charge in [-0.25, -0.2) is 0 Å². The van der Waals surface area contributed by atoms with Crippen molar-refractivity contribution in [2.45, 2.75) is 19.3 Å². The van der Waals surface area contributed by atoms with Gasteiger partial charge in [0, 0.05) is 0 Å². The van der Waals surface area contributed by atoms with Crippen LogP contribution in [0.15, 0.2) is 91.0 Å². The van der Waals surface area contributed by atoms with Crippen molar-refractivity contribution in [2.75, 3.05) is 39.3 Å². The summed E-state index contributed by atoms with van der Waals surface area (Å²) in [6.45, 7) is 6.62. The summed E-state index contributed by atoms with van der Waals surface area (Å²) in [7, 11) is 0. The molecule has 0 saturated carbocycles. The van der Waals surface area contributed by atoms with Gasteiger partial charge in [-0.3, -0.25) is 0 Å². The van der Waals surface area contributed by atoms with E-state index in [2.05, 4.69) is 34.1 Å². The van der Waals surface area contributed by atoms with E-state index in [1.54, 1.807) is 0 Å². The molecule has 1 fully saturated rings. The van der Waals surface area contributed by atoms with E-state index in [0.29, 0.717) is 0 Å². The summed E-state index contributed by atoms with van der Waals surface area (Å²) in [6.07, 6.45) is 3.65. The second-order valence-electron chi connectivity index (χ2n) is 6.46. The SMILES string of the molecule is C1C[N-]CCCNCCCNC1.Cl.[Ti+4].[c-]1ccccc1.[c-]1ccccc1.[c-]1ccccc1. The second kappa shape index (κ2) is 29.5. The Morgan fingerprint density at radius 2 is 0.781 bits per heavy atom. The Morgan fingerprint density at radius 1 is 0.469 bits per heavy atom. The van der Waals surface area contributed by atoms with Crippen LogP contribution in [0.2, 0.25) is 0 Å². The predicted octanol–water partition coefficient (Wildman–Crippen LogP) is 5.60. The van der Waals surface area contributed by atoms with Gasteiger partial charge in [0.1, 0.15) is 0 Å². The van der Waals surface area contributed by atoms with E-state index in [0.717, 1.165) is 39.3 Å². The van der Waals surface area contributed by atoms with E-state index >= 15 is 0 Å². The maximum absolute atomic E-state index is 4.42. The van der Waals surface area contributed by atoms with Gasteiger partial charge in [-0.2, -0.15) is 109 Å². The molecule has 0 spiro atoms. The van der Waals surface area contributed by atoms with Crippen LogP contribution in [0.4, 0.5) is 0 Å². The van der Waals surface area contributed by atoms with Gasteiger partial charge in [0.15, 0.2) is 0 Å². The molecule has 2 N–H and O–H groups in total. The molecule has 0 aliphatic carbocycles. The van der Waals surface area contributed by atoms with Gasteiger partial charge in [-0.05, 0) is 32.6 Å². The molecule has 3 nitrogen and oxygen atoms in total. The Labute approximate surface area is 217 Å². The summed E-state index contributed by atoms with van der Waals surface area (Å²) in [5.41, 5.74) is 0. The van der Waals surface area contributed by atoms with E-state index in [1.165, 1.54) is 19.3 Å². The fourth-order valence-electron chi connectivity index (χ4n) is 2.36. The largest absolute Gasteiger partial charge is 4.00 e. The number of hydrogen-bond donors (Lipinski definition) is 2. The molecule has 170 valence electrons. The predicted molar refractivity (Wildman–Crippen MR) is 136 cm³/mol. The standard InChI is InChI=1S/C9H20N3.3C6H5.ClH.Ti/c1-4-10-6-2-8-12-9-3-7-11-5-1;3*1-2-4-6-5-3-1;;/h10-11H,1-9H2;3*1-5H;1H;/q4*-1;;+4. The van der Waals surface area contributed by atoms with E-state index in [-0.39, 0.29) is 34.1 Å². The molecule has 1 aliphatic rings. The minimum Gasteiger partial charge on any atom is -0.662 e. The number of benzene rings is 3. The normalized spacial score (nSPS) is 13.5. The van der Waals surface area contributed by atoms with Crippen molar-refractivity contribution >= 4 is 12.4 Å². The average Bonchev–Trinajstić information content (AvgIpc) is 2.84. The fraction of sp³-hybridized carbons (Fsp3) is 0.333. The summed E-state index contributed by atoms with van der Waals surface area (Å²) in [4.78, 5) is 0. The molecular weight excluding hydrogens is 450 g/mol. The second-order valence-corrected chi connectivity index (χ2v) is 6.46. The third-order valence-corrected chi connectivity index (χ3v) is 3.87. The van der Waals surface area contributed by atoms with Gasteiger partial charge in [0.25, 0.3) is 0 Å². The van der Waals surface area contributed by atoms with Crippen molar-refractivity contribution in [3.63, 3.8) is 0 Å². The molecule has 0 aromatic heterocycles. The number of halogens is 1. The summed E-state index contributed by atoms with van der Waals surface area (Å²) < 4.78 is 0. The van der Waals surface area contributed by atoms with Gasteiger partial charge in [0.2, 0.25) is 0 Å². The van der Waals surface area contributed by atoms with Crippen molar-refractivity contribution in [3.8, 4) is 0 Å². The third-order valence-electron chi connectivity index (χ3n) is 3.87. The van der Waals surface area contributed by atoms with Gasteiger partial charge < -0.3 is 16.0 Å². The molecule has 0 amide bonds. The van der Waals surface area contributed by atoms with Crippen molar-refractivity contribution < 1.29 is 21.7 Å². The fourth-order valence-corrected chi connectivity index (χ4v) is 2.36. The molecule has 32 heavy (non-hydrogen) atoms. The van der Waals surface area contributed by atoms with Gasteiger partial charge in [0.05, 0.1) is 0 Å². The monoisotopic (exact) mass is 485 g/mol. The van der Waals surface area contributed by atoms with E-state index in [9.17, 15) is 0 Å². The summed E-state index contributed by atoms with van der Waals surface area (Å²) in [5, 5.41) is 11.2. The zero-order valence-corrected chi connectivity index (χ0v) is 21.3. The molecule has 0 radical (unpaired) electrons. The molecule has 1 aliphatic heterocycles. The number of nitrogens with zero attached hydrogens (tertiary/aromatic N) is 1. The molecule has 5 heteroatoms. The van der Waals surface area contributed by atoms with Crippen LogP contribution in [0.25, 0.3) is 5.32 Å². The minimum atomic E-state index is 0. The van der Waals surface area contributed by atoms with Crippen molar-refractivity contribution in [1.29, 1.82) is 0 Å². The maximum Gasteiger partial charge on any atom is 4.00 e. The van der Waals surface area contributed by atoms with Gasteiger partial charge in [-0.15, -0.1) is 25.5 Å². The zero-order chi connectivity index (χ0) is 21.2. The van der Waals surface area contributed by atoms with Crippen LogP contribution in [0.1, 0.15) is 19.3 Å². The van der Waals surface area contributed by atoms with Crippen LogP contribution >= 0.6 is 12.4 Å². The summed E-state index contributed by atoms with van der Waals surface area (Å²) in [6, 6.07) is 37.5. The van der Waals surface area contributed by atoms with Crippen molar-refractivity contribution in [1.82, 2.24) is 10.6 Å². The quantitative estimate of drug-likeness (QED) is 0.321. The van der Waals surface area contributed by atoms with Crippen molar-refractivity contribution in [3.05, 3.63) is 115 Å². The molecule has 4 rings (SSSR count). The van der Waals surface area contributed by atoms with E-state index in [4.69, 9.17) is 0 Å². The minimum absolute atomic E-state index is 0. The molecular formula is C27H36ClN3Ti. The van der Waals surface area contributed by atoms with Crippen LogP contribution in [0.3, 0.4) is 0 Å². The smallest absolute Gasteiger partial charge is 0.662 e. The number of rotatable bonds is 0. The molecule has 0 atom stereocenters. The first kappa shape index (κ1) is 32.7. The summed E-state index contributed by atoms with van der Waals surface area (Å²) >= 11 is 0. The molecule has 1 heterocycles. The van der Waals surface area contributed by atoms with Crippen molar-refractivity contribution in [2.24, 2.45) is 0 Å². The van der Waals surface area contributed by atoms with Crippen LogP contribution in [-0.4, -0.2) is 39.3 Å². The third kappa shape index (κ3) is 26.6. The zero-order valence-electron chi connectivity index (χ0n) is 18.9. The Kier molecular flexibility index (Phi) is 30.2. The number of nitrogens with one attached hydrogen (secondary N) is 2. The molecule has 1 saturated heterocycles. The Morgan fingerprint density at radius 3 is 1.03 bits per heavy atom. The molecule has 0 bridgehead atoms. The van der Waals surface area contributed by atoms with Crippen LogP contribution in [-0.2, 0) is 21.7 Å². The molecule has 0 unspecified atom stereocenters. The first-order valence-corrected chi connectivity index (χ1v) is 10.8. The summed E-state index contributed by atoms with van der Waals surface area (Å²) in [5.74, 6) is 0. The first-order chi connectivity index (χ1) is 15.0. The Hall–Kier alpha value is -1.46. The maximum atomic E-state index is 4.42. The van der Waals surface area contributed by atoms with Crippen LogP contribution in [0, 0.1) is 18.2 Å².